The molecule has 2 aromatic rings. The van der Waals surface area contributed by atoms with Gasteiger partial charge in [0.2, 0.25) is 0 Å². The number of halogens is 2. The summed E-state index contributed by atoms with van der Waals surface area (Å²) >= 11 is 0. The number of amides is 1. The maximum absolute atomic E-state index is 13.8. The molecule has 0 fully saturated rings. The third kappa shape index (κ3) is 2.69. The lowest BCUT2D eigenvalue weighted by Crippen LogP contribution is -2.14. The Bertz CT molecular complexity index is 687. The highest BCUT2D eigenvalue weighted by atomic mass is 19.1. The Morgan fingerprint density at radius 3 is 2.45 bits per heavy atom. The van der Waals surface area contributed by atoms with Crippen molar-refractivity contribution < 1.29 is 18.3 Å². The molecule has 2 rings (SSSR count). The smallest absolute Gasteiger partial charge is 0.250 e. The van der Waals surface area contributed by atoms with Gasteiger partial charge in [-0.2, -0.15) is 0 Å². The maximum Gasteiger partial charge on any atom is 0.250 e. The number of primary amides is 1. The number of carbonyl (C=O) groups excluding carboxylic acids is 1. The molecule has 0 saturated heterocycles. The molecule has 2 aromatic carbocycles. The fourth-order valence-electron chi connectivity index (χ4n) is 1.71. The van der Waals surface area contributed by atoms with E-state index in [0.717, 1.165) is 12.1 Å². The van der Waals surface area contributed by atoms with Gasteiger partial charge in [0.25, 0.3) is 5.91 Å². The first-order valence-corrected chi connectivity index (χ1v) is 5.71. The molecule has 104 valence electrons. The van der Waals surface area contributed by atoms with Gasteiger partial charge >= 0.3 is 0 Å². The normalized spacial score (nSPS) is 10.3. The minimum Gasteiger partial charge on any atom is -0.454 e. The summed E-state index contributed by atoms with van der Waals surface area (Å²) < 4.78 is 32.1. The SMILES string of the molecule is Cc1cc(F)ccc1Oc1cc(C(N)=O)c(N)cc1F. The predicted octanol–water partition coefficient (Wildman–Crippen LogP) is 2.75. The number of hydrogen-bond donors (Lipinski definition) is 2. The third-order valence-electron chi connectivity index (χ3n) is 2.73. The fourth-order valence-corrected chi connectivity index (χ4v) is 1.71. The van der Waals surface area contributed by atoms with Crippen LogP contribution < -0.4 is 16.2 Å². The van der Waals surface area contributed by atoms with E-state index in [-0.39, 0.29) is 22.7 Å². The first kappa shape index (κ1) is 13.8. The molecule has 0 atom stereocenters. The minimum atomic E-state index is -0.789. The summed E-state index contributed by atoms with van der Waals surface area (Å²) in [6.07, 6.45) is 0. The average Bonchev–Trinajstić information content (AvgIpc) is 2.35. The Balaban J connectivity index is 2.43. The van der Waals surface area contributed by atoms with Crippen molar-refractivity contribution >= 4 is 11.6 Å². The number of rotatable bonds is 3. The zero-order valence-corrected chi connectivity index (χ0v) is 10.6. The molecule has 0 bridgehead atoms. The summed E-state index contributed by atoms with van der Waals surface area (Å²) in [5.74, 6) is -1.89. The molecule has 0 radical (unpaired) electrons. The molecule has 4 N–H and O–H groups in total. The summed E-state index contributed by atoms with van der Waals surface area (Å²) in [4.78, 5) is 11.2. The molecule has 0 saturated carbocycles. The molecule has 0 aliphatic rings. The fraction of sp³-hybridized carbons (Fsp3) is 0.0714. The third-order valence-corrected chi connectivity index (χ3v) is 2.73. The highest BCUT2D eigenvalue weighted by Gasteiger charge is 2.14. The number of hydrogen-bond acceptors (Lipinski definition) is 3. The van der Waals surface area contributed by atoms with Gasteiger partial charge in [0.1, 0.15) is 11.6 Å². The van der Waals surface area contributed by atoms with Gasteiger partial charge in [0, 0.05) is 11.8 Å². The van der Waals surface area contributed by atoms with Crippen molar-refractivity contribution in [1.82, 2.24) is 0 Å². The van der Waals surface area contributed by atoms with E-state index in [0.29, 0.717) is 5.56 Å². The van der Waals surface area contributed by atoms with E-state index in [2.05, 4.69) is 0 Å². The van der Waals surface area contributed by atoms with Gasteiger partial charge in [-0.15, -0.1) is 0 Å². The van der Waals surface area contributed by atoms with Crippen LogP contribution in [0.4, 0.5) is 14.5 Å². The highest BCUT2D eigenvalue weighted by Crippen LogP contribution is 2.30. The molecular formula is C14H12F2N2O2. The van der Waals surface area contributed by atoms with Crippen molar-refractivity contribution in [2.24, 2.45) is 5.73 Å². The number of aryl methyl sites for hydroxylation is 1. The molecule has 0 aliphatic heterocycles. The van der Waals surface area contributed by atoms with Crippen LogP contribution in [-0.4, -0.2) is 5.91 Å². The molecule has 6 heteroatoms. The van der Waals surface area contributed by atoms with E-state index in [1.54, 1.807) is 6.92 Å². The average molecular weight is 278 g/mol. The Labute approximate surface area is 114 Å². The van der Waals surface area contributed by atoms with Crippen LogP contribution in [0.25, 0.3) is 0 Å². The van der Waals surface area contributed by atoms with E-state index in [9.17, 15) is 13.6 Å². The van der Waals surface area contributed by atoms with Crippen molar-refractivity contribution in [2.75, 3.05) is 5.73 Å². The van der Waals surface area contributed by atoms with Gasteiger partial charge < -0.3 is 16.2 Å². The lowest BCUT2D eigenvalue weighted by atomic mass is 10.1. The number of carbonyl (C=O) groups is 1. The quantitative estimate of drug-likeness (QED) is 0.847. The molecule has 20 heavy (non-hydrogen) atoms. The van der Waals surface area contributed by atoms with Crippen molar-refractivity contribution in [3.05, 3.63) is 53.1 Å². The van der Waals surface area contributed by atoms with Crippen LogP contribution in [0.1, 0.15) is 15.9 Å². The van der Waals surface area contributed by atoms with E-state index in [1.165, 1.54) is 18.2 Å². The number of anilines is 1. The Kier molecular flexibility index (Phi) is 3.56. The van der Waals surface area contributed by atoms with E-state index in [4.69, 9.17) is 16.2 Å². The zero-order chi connectivity index (χ0) is 14.9. The lowest BCUT2D eigenvalue weighted by molar-refractivity contribution is 0.100. The number of nitrogen functional groups attached to an aromatic ring is 1. The Hall–Kier alpha value is -2.63. The monoisotopic (exact) mass is 278 g/mol. The summed E-state index contributed by atoms with van der Waals surface area (Å²) in [5, 5.41) is 0. The molecule has 1 amide bonds. The van der Waals surface area contributed by atoms with Crippen LogP contribution in [-0.2, 0) is 0 Å². The first-order valence-electron chi connectivity index (χ1n) is 5.71. The van der Waals surface area contributed by atoms with Gasteiger partial charge in [-0.25, -0.2) is 8.78 Å². The van der Waals surface area contributed by atoms with Gasteiger partial charge in [0.15, 0.2) is 11.6 Å². The molecule has 0 unspecified atom stereocenters. The molecule has 0 aliphatic carbocycles. The van der Waals surface area contributed by atoms with Crippen molar-refractivity contribution in [3.8, 4) is 11.5 Å². The summed E-state index contributed by atoms with van der Waals surface area (Å²) in [7, 11) is 0. The largest absolute Gasteiger partial charge is 0.454 e. The van der Waals surface area contributed by atoms with Gasteiger partial charge in [-0.3, -0.25) is 4.79 Å². The highest BCUT2D eigenvalue weighted by molar-refractivity contribution is 5.98. The second kappa shape index (κ2) is 5.16. The van der Waals surface area contributed by atoms with Gasteiger partial charge in [0.05, 0.1) is 5.56 Å². The number of nitrogens with two attached hydrogens (primary N) is 2. The zero-order valence-electron chi connectivity index (χ0n) is 10.6. The molecular weight excluding hydrogens is 266 g/mol. The molecule has 0 spiro atoms. The van der Waals surface area contributed by atoms with Crippen LogP contribution >= 0.6 is 0 Å². The molecule has 4 nitrogen and oxygen atoms in total. The maximum atomic E-state index is 13.8. The molecule has 0 aromatic heterocycles. The van der Waals surface area contributed by atoms with E-state index >= 15 is 0 Å². The standard InChI is InChI=1S/C14H12F2N2O2/c1-7-4-8(15)2-3-12(7)20-13-5-9(14(18)19)11(17)6-10(13)16/h2-6H,17H2,1H3,(H2,18,19). The van der Waals surface area contributed by atoms with Gasteiger partial charge in [-0.1, -0.05) is 0 Å². The predicted molar refractivity (Wildman–Crippen MR) is 70.5 cm³/mol. The van der Waals surface area contributed by atoms with Crippen molar-refractivity contribution in [3.63, 3.8) is 0 Å². The summed E-state index contributed by atoms with van der Waals surface area (Å²) in [6, 6.07) is 5.88. The minimum absolute atomic E-state index is 0.0406. The van der Waals surface area contributed by atoms with Gasteiger partial charge in [-0.05, 0) is 36.8 Å². The van der Waals surface area contributed by atoms with Crippen LogP contribution in [0.15, 0.2) is 30.3 Å². The second-order valence-electron chi connectivity index (χ2n) is 4.25. The Morgan fingerprint density at radius 1 is 1.15 bits per heavy atom. The lowest BCUT2D eigenvalue weighted by Gasteiger charge is -2.11. The van der Waals surface area contributed by atoms with Crippen LogP contribution in [0.3, 0.4) is 0 Å². The summed E-state index contributed by atoms with van der Waals surface area (Å²) in [5.41, 5.74) is 11.0. The summed E-state index contributed by atoms with van der Waals surface area (Å²) in [6.45, 7) is 1.61. The van der Waals surface area contributed by atoms with Crippen LogP contribution in [0, 0.1) is 18.6 Å². The van der Waals surface area contributed by atoms with Crippen molar-refractivity contribution in [2.45, 2.75) is 6.92 Å². The van der Waals surface area contributed by atoms with Crippen LogP contribution in [0.2, 0.25) is 0 Å². The number of benzene rings is 2. The van der Waals surface area contributed by atoms with Crippen molar-refractivity contribution in [1.29, 1.82) is 0 Å². The van der Waals surface area contributed by atoms with E-state index in [1.807, 2.05) is 0 Å². The topological polar surface area (TPSA) is 78.3 Å². The van der Waals surface area contributed by atoms with Crippen LogP contribution in [0.5, 0.6) is 11.5 Å². The molecule has 0 heterocycles. The second-order valence-corrected chi connectivity index (χ2v) is 4.25. The first-order chi connectivity index (χ1) is 9.38. The Morgan fingerprint density at radius 2 is 1.85 bits per heavy atom. The number of ether oxygens (including phenoxy) is 1. The van der Waals surface area contributed by atoms with E-state index < -0.39 is 17.5 Å².